The van der Waals surface area contributed by atoms with Gasteiger partial charge in [0, 0.05) is 38.3 Å². The Kier molecular flexibility index (Phi) is 5.69. The third kappa shape index (κ3) is 4.56. The second-order valence-electron chi connectivity index (χ2n) is 7.86. The lowest BCUT2D eigenvalue weighted by atomic mass is 9.89. The number of likely N-dealkylation sites (tertiary alicyclic amines) is 1. The van der Waals surface area contributed by atoms with E-state index in [4.69, 9.17) is 13.9 Å². The maximum absolute atomic E-state index is 12.5. The molecular weight excluding hydrogens is 356 g/mol. The molecule has 28 heavy (non-hydrogen) atoms. The number of carbonyl (C=O) groups is 1. The van der Waals surface area contributed by atoms with Crippen molar-refractivity contribution >= 4 is 5.91 Å². The van der Waals surface area contributed by atoms with Gasteiger partial charge in [-0.1, -0.05) is 17.7 Å². The first-order chi connectivity index (χ1) is 13.6. The van der Waals surface area contributed by atoms with E-state index in [0.29, 0.717) is 0 Å². The highest BCUT2D eigenvalue weighted by atomic mass is 16.5. The van der Waals surface area contributed by atoms with Crippen molar-refractivity contribution in [1.29, 1.82) is 0 Å². The van der Waals surface area contributed by atoms with E-state index in [-0.39, 0.29) is 18.1 Å². The molecule has 2 saturated heterocycles. The molecule has 1 spiro atoms. The molecule has 1 amide bonds. The number of amides is 1. The third-order valence-electron chi connectivity index (χ3n) is 5.72. The molecule has 0 unspecified atom stereocenters. The van der Waals surface area contributed by atoms with E-state index >= 15 is 0 Å². The average molecular weight is 384 g/mol. The summed E-state index contributed by atoms with van der Waals surface area (Å²) in [6.07, 6.45) is 5.25. The summed E-state index contributed by atoms with van der Waals surface area (Å²) < 4.78 is 17.0. The zero-order valence-corrected chi connectivity index (χ0v) is 16.4. The molecule has 4 rings (SSSR count). The summed E-state index contributed by atoms with van der Waals surface area (Å²) >= 11 is 0. The van der Waals surface area contributed by atoms with Crippen molar-refractivity contribution in [3.05, 3.63) is 54.0 Å². The first-order valence-electron chi connectivity index (χ1n) is 9.97. The molecule has 2 aliphatic rings. The molecule has 0 aliphatic carbocycles. The third-order valence-corrected chi connectivity index (χ3v) is 5.72. The minimum atomic E-state index is -0.142. The monoisotopic (exact) mass is 384 g/mol. The van der Waals surface area contributed by atoms with E-state index < -0.39 is 0 Å². The lowest BCUT2D eigenvalue weighted by Crippen LogP contribution is -2.57. The van der Waals surface area contributed by atoms with Crippen LogP contribution in [0.3, 0.4) is 0 Å². The van der Waals surface area contributed by atoms with Gasteiger partial charge < -0.3 is 18.8 Å². The predicted molar refractivity (Wildman–Crippen MR) is 105 cm³/mol. The summed E-state index contributed by atoms with van der Waals surface area (Å²) in [6.45, 7) is 7.01. The van der Waals surface area contributed by atoms with Gasteiger partial charge in [-0.05, 0) is 38.0 Å². The highest BCUT2D eigenvalue weighted by Crippen LogP contribution is 2.31. The van der Waals surface area contributed by atoms with Gasteiger partial charge in [-0.3, -0.25) is 9.69 Å². The molecule has 6 nitrogen and oxygen atoms in total. The normalized spacial score (nSPS) is 19.7. The molecule has 0 radical (unpaired) electrons. The molecule has 3 heterocycles. The fourth-order valence-electron chi connectivity index (χ4n) is 4.04. The van der Waals surface area contributed by atoms with E-state index in [9.17, 15) is 4.79 Å². The van der Waals surface area contributed by atoms with Crippen LogP contribution in [0.15, 0.2) is 47.3 Å². The standard InChI is InChI=1S/C22H28N2O4/c1-18-2-4-20(5-3-18)27-16-21(25)24-9-7-22(8-10-24)17-23(11-13-28-22)14-19-6-12-26-15-19/h2-6,12,15H,7-11,13-14,16-17H2,1H3. The number of hydrogen-bond donors (Lipinski definition) is 0. The van der Waals surface area contributed by atoms with Crippen LogP contribution in [0.5, 0.6) is 5.75 Å². The Morgan fingerprint density at radius 1 is 1.14 bits per heavy atom. The van der Waals surface area contributed by atoms with Crippen molar-refractivity contribution in [2.24, 2.45) is 0 Å². The molecular formula is C22H28N2O4. The van der Waals surface area contributed by atoms with Crippen molar-refractivity contribution in [3.8, 4) is 5.75 Å². The lowest BCUT2D eigenvalue weighted by Gasteiger charge is -2.47. The molecule has 2 fully saturated rings. The molecule has 2 aliphatic heterocycles. The largest absolute Gasteiger partial charge is 0.484 e. The molecule has 0 atom stereocenters. The number of nitrogens with zero attached hydrogens (tertiary/aromatic N) is 2. The number of piperidine rings is 1. The fraction of sp³-hybridized carbons (Fsp3) is 0.500. The van der Waals surface area contributed by atoms with Gasteiger partial charge in [-0.25, -0.2) is 0 Å². The molecule has 0 N–H and O–H groups in total. The number of rotatable bonds is 5. The number of aryl methyl sites for hydroxylation is 1. The molecule has 0 bridgehead atoms. The van der Waals surface area contributed by atoms with Gasteiger partial charge in [0.2, 0.25) is 0 Å². The van der Waals surface area contributed by atoms with Gasteiger partial charge in [0.15, 0.2) is 6.61 Å². The van der Waals surface area contributed by atoms with Gasteiger partial charge >= 0.3 is 0 Å². The Morgan fingerprint density at radius 2 is 1.93 bits per heavy atom. The van der Waals surface area contributed by atoms with Gasteiger partial charge in [0.1, 0.15) is 5.75 Å². The molecule has 1 aromatic carbocycles. The molecule has 1 aromatic heterocycles. The molecule has 150 valence electrons. The van der Waals surface area contributed by atoms with Gasteiger partial charge in [-0.2, -0.15) is 0 Å². The maximum atomic E-state index is 12.5. The van der Waals surface area contributed by atoms with E-state index in [0.717, 1.165) is 57.9 Å². The Bertz CT molecular complexity index is 764. The number of ether oxygens (including phenoxy) is 2. The number of benzene rings is 1. The summed E-state index contributed by atoms with van der Waals surface area (Å²) in [5, 5.41) is 0. The zero-order valence-electron chi connectivity index (χ0n) is 16.4. The Morgan fingerprint density at radius 3 is 2.64 bits per heavy atom. The van der Waals surface area contributed by atoms with Gasteiger partial charge in [0.25, 0.3) is 5.91 Å². The summed E-state index contributed by atoms with van der Waals surface area (Å²) in [6, 6.07) is 9.79. The summed E-state index contributed by atoms with van der Waals surface area (Å²) in [5.74, 6) is 0.777. The van der Waals surface area contributed by atoms with Crippen molar-refractivity contribution in [3.63, 3.8) is 0 Å². The van der Waals surface area contributed by atoms with E-state index in [2.05, 4.69) is 4.90 Å². The maximum Gasteiger partial charge on any atom is 0.260 e. The van der Waals surface area contributed by atoms with E-state index in [1.165, 1.54) is 11.1 Å². The van der Waals surface area contributed by atoms with Crippen molar-refractivity contribution in [1.82, 2.24) is 9.80 Å². The van der Waals surface area contributed by atoms with Gasteiger partial charge in [0.05, 0.1) is 24.7 Å². The first-order valence-corrected chi connectivity index (χ1v) is 9.97. The number of morpholine rings is 1. The predicted octanol–water partition coefficient (Wildman–Crippen LogP) is 2.86. The molecule has 0 saturated carbocycles. The topological polar surface area (TPSA) is 55.2 Å². The van der Waals surface area contributed by atoms with Crippen LogP contribution in [0.2, 0.25) is 0 Å². The average Bonchev–Trinajstić information content (AvgIpc) is 3.21. The quantitative estimate of drug-likeness (QED) is 0.793. The molecule has 6 heteroatoms. The van der Waals surface area contributed by atoms with Crippen LogP contribution < -0.4 is 4.74 Å². The SMILES string of the molecule is Cc1ccc(OCC(=O)N2CCC3(CC2)CN(Cc2ccoc2)CCO3)cc1. The van der Waals surface area contributed by atoms with Crippen LogP contribution in [0.25, 0.3) is 0 Å². The van der Waals surface area contributed by atoms with Crippen LogP contribution in [0, 0.1) is 6.92 Å². The highest BCUT2D eigenvalue weighted by Gasteiger charge is 2.40. The first kappa shape index (κ1) is 19.0. The van der Waals surface area contributed by atoms with Crippen molar-refractivity contribution in [2.75, 3.05) is 39.4 Å². The van der Waals surface area contributed by atoms with E-state index in [1.54, 1.807) is 12.5 Å². The minimum absolute atomic E-state index is 0.0430. The fourth-order valence-corrected chi connectivity index (χ4v) is 4.04. The zero-order chi connectivity index (χ0) is 19.4. The van der Waals surface area contributed by atoms with E-state index in [1.807, 2.05) is 42.2 Å². The minimum Gasteiger partial charge on any atom is -0.484 e. The van der Waals surface area contributed by atoms with Crippen LogP contribution >= 0.6 is 0 Å². The lowest BCUT2D eigenvalue weighted by molar-refractivity contribution is -0.152. The van der Waals surface area contributed by atoms with Gasteiger partial charge in [-0.15, -0.1) is 0 Å². The summed E-state index contributed by atoms with van der Waals surface area (Å²) in [4.78, 5) is 16.8. The second kappa shape index (κ2) is 8.37. The number of furan rings is 1. The number of carbonyl (C=O) groups excluding carboxylic acids is 1. The Balaban J connectivity index is 1.26. The van der Waals surface area contributed by atoms with Crippen LogP contribution in [-0.2, 0) is 16.1 Å². The summed E-state index contributed by atoms with van der Waals surface area (Å²) in [7, 11) is 0. The van der Waals surface area contributed by atoms with Crippen LogP contribution in [-0.4, -0.2) is 60.7 Å². The highest BCUT2D eigenvalue weighted by molar-refractivity contribution is 5.77. The second-order valence-corrected chi connectivity index (χ2v) is 7.86. The Labute approximate surface area is 166 Å². The molecule has 2 aromatic rings. The van der Waals surface area contributed by atoms with Crippen LogP contribution in [0.1, 0.15) is 24.0 Å². The Hall–Kier alpha value is -2.31. The summed E-state index contributed by atoms with van der Waals surface area (Å²) in [5.41, 5.74) is 2.23. The van der Waals surface area contributed by atoms with Crippen LogP contribution in [0.4, 0.5) is 0 Å². The number of hydrogen-bond acceptors (Lipinski definition) is 5. The van der Waals surface area contributed by atoms with Crippen molar-refractivity contribution < 1.29 is 18.7 Å². The smallest absolute Gasteiger partial charge is 0.260 e. The van der Waals surface area contributed by atoms with Crippen molar-refractivity contribution in [2.45, 2.75) is 31.9 Å².